The monoisotopic (exact) mass is 567 g/mol. The van der Waals surface area contributed by atoms with E-state index in [1.165, 1.54) is 12.1 Å². The first-order valence-electron chi connectivity index (χ1n) is 11.4. The number of hydrogen-bond acceptors (Lipinski definition) is 6. The summed E-state index contributed by atoms with van der Waals surface area (Å²) in [5, 5.41) is 7.87. The van der Waals surface area contributed by atoms with Crippen molar-refractivity contribution in [1.82, 2.24) is 4.98 Å². The molecule has 3 atom stereocenters. The van der Waals surface area contributed by atoms with Gasteiger partial charge in [0.2, 0.25) is 13.2 Å². The van der Waals surface area contributed by atoms with E-state index in [0.717, 1.165) is 32.2 Å². The van der Waals surface area contributed by atoms with Gasteiger partial charge in [0.05, 0.1) is 23.1 Å². The summed E-state index contributed by atoms with van der Waals surface area (Å²) >= 11 is 0. The minimum atomic E-state index is -3.44. The number of aliphatic hydroxyl groups excluding tert-OH is 1. The number of pyridine rings is 1. The highest BCUT2D eigenvalue weighted by Gasteiger charge is 2.50. The smallest absolute Gasteiger partial charge is 0.342 e. The Morgan fingerprint density at radius 1 is 1.05 bits per heavy atom. The van der Waals surface area contributed by atoms with E-state index in [1.807, 2.05) is 5.92 Å². The summed E-state index contributed by atoms with van der Waals surface area (Å²) < 4.78 is 94.3. The highest BCUT2D eigenvalue weighted by Crippen LogP contribution is 2.46. The lowest BCUT2D eigenvalue weighted by Crippen LogP contribution is -2.46. The lowest BCUT2D eigenvalue weighted by molar-refractivity contribution is -0.138. The molecule has 0 aliphatic carbocycles. The van der Waals surface area contributed by atoms with Crippen LogP contribution in [-0.2, 0) is 13.9 Å². The van der Waals surface area contributed by atoms with E-state index in [4.69, 9.17) is 15.7 Å². The number of aromatic nitrogens is 1. The highest BCUT2D eigenvalue weighted by atomic mass is 31.1. The van der Waals surface area contributed by atoms with Crippen LogP contribution in [-0.4, -0.2) is 34.4 Å². The zero-order chi connectivity index (χ0) is 29.2. The number of aliphatic hydroxyl groups is 1. The van der Waals surface area contributed by atoms with Crippen LogP contribution in [0.3, 0.4) is 0 Å². The van der Waals surface area contributed by atoms with Gasteiger partial charge in [0.15, 0.2) is 29.0 Å². The Morgan fingerprint density at radius 3 is 2.08 bits per heavy atom. The topological polar surface area (TPSA) is 85.7 Å². The molecule has 6 nitrogen and oxygen atoms in total. The predicted octanol–water partition coefficient (Wildman–Crippen LogP) is 6.01. The van der Waals surface area contributed by atoms with E-state index in [-0.39, 0.29) is 28.6 Å². The quantitative estimate of drug-likeness (QED) is 0.118. The maximum Gasteiger partial charge on any atom is 0.342 e. The van der Waals surface area contributed by atoms with Crippen LogP contribution in [0.4, 0.5) is 22.0 Å². The number of nitrogens with zero attached hydrogens (tertiary/aromatic N) is 1. The molecule has 0 aliphatic rings. The molecule has 3 rings (SSSR count). The fourth-order valence-electron chi connectivity index (χ4n) is 3.82. The number of esters is 1. The number of halogens is 5. The van der Waals surface area contributed by atoms with Gasteiger partial charge >= 0.3 is 5.97 Å². The normalized spacial score (nSPS) is 14.4. The second-order valence-corrected chi connectivity index (χ2v) is 10.6. The Bertz CT molecular complexity index is 1460. The van der Waals surface area contributed by atoms with E-state index < -0.39 is 71.5 Å². The van der Waals surface area contributed by atoms with Gasteiger partial charge in [-0.1, -0.05) is 31.9 Å². The van der Waals surface area contributed by atoms with Crippen molar-refractivity contribution >= 4 is 14.0 Å². The third kappa shape index (κ3) is 5.46. The first-order chi connectivity index (χ1) is 18.3. The van der Waals surface area contributed by atoms with Gasteiger partial charge in [-0.05, 0) is 36.6 Å². The SMILES string of the molecule is C#CC(C(=O)Oc1c(-c2ccc(F)cc2)cc(-c2c(F)c(F)cc(F)c2F)nc1C(C)C)(C(C)O)[PH](=O)OC. The van der Waals surface area contributed by atoms with Gasteiger partial charge in [-0.25, -0.2) is 31.7 Å². The van der Waals surface area contributed by atoms with E-state index >= 15 is 0 Å². The fraction of sp³-hybridized carbons (Fsp3) is 0.259. The average molecular weight is 567 g/mol. The largest absolute Gasteiger partial charge is 0.422 e. The molecule has 0 fully saturated rings. The van der Waals surface area contributed by atoms with Gasteiger partial charge in [0, 0.05) is 18.7 Å². The van der Waals surface area contributed by atoms with Crippen LogP contribution in [0.15, 0.2) is 36.4 Å². The molecule has 0 bridgehead atoms. The van der Waals surface area contributed by atoms with E-state index in [2.05, 4.69) is 4.98 Å². The van der Waals surface area contributed by atoms with Crippen LogP contribution in [0.5, 0.6) is 5.75 Å². The first kappa shape index (κ1) is 30.0. The molecule has 0 saturated heterocycles. The number of carbonyl (C=O) groups is 1. The van der Waals surface area contributed by atoms with Crippen LogP contribution < -0.4 is 4.74 Å². The van der Waals surface area contributed by atoms with Crippen LogP contribution >= 0.6 is 8.03 Å². The van der Waals surface area contributed by atoms with Crippen molar-refractivity contribution < 1.29 is 45.7 Å². The highest BCUT2D eigenvalue weighted by molar-refractivity contribution is 7.43. The van der Waals surface area contributed by atoms with Gasteiger partial charge in [0.1, 0.15) is 5.82 Å². The molecule has 1 aromatic heterocycles. The molecule has 0 amide bonds. The molecule has 2 aromatic carbocycles. The molecule has 0 radical (unpaired) electrons. The Kier molecular flexibility index (Phi) is 8.96. The molecule has 0 aliphatic heterocycles. The second kappa shape index (κ2) is 11.7. The summed E-state index contributed by atoms with van der Waals surface area (Å²) in [5.41, 5.74) is -1.77. The van der Waals surface area contributed by atoms with E-state index in [1.54, 1.807) is 13.8 Å². The maximum absolute atomic E-state index is 14.7. The molecule has 206 valence electrons. The lowest BCUT2D eigenvalue weighted by Gasteiger charge is -2.28. The number of benzene rings is 2. The van der Waals surface area contributed by atoms with Crippen LogP contribution in [0.25, 0.3) is 22.4 Å². The van der Waals surface area contributed by atoms with Crippen molar-refractivity contribution in [2.75, 3.05) is 7.11 Å². The standard InChI is InChI=1S/C27H23F5NO5P/c1-6-27(14(4)34,39(36)37-5)26(35)38-25-17(15-7-9-16(28)10-8-15)11-20(33-24(25)13(2)3)21-22(31)18(29)12-19(30)23(21)32/h1,7-14,34,39H,2-5H3. The number of hydrogen-bond donors (Lipinski definition) is 1. The van der Waals surface area contributed by atoms with E-state index in [0.29, 0.717) is 0 Å². The van der Waals surface area contributed by atoms with Gasteiger partial charge in [0.25, 0.3) is 0 Å². The zero-order valence-corrected chi connectivity index (χ0v) is 22.1. The number of carbonyl (C=O) groups excluding carboxylic acids is 1. The summed E-state index contributed by atoms with van der Waals surface area (Å²) in [6, 6.07) is 5.61. The van der Waals surface area contributed by atoms with Gasteiger partial charge in [-0.15, -0.1) is 6.42 Å². The first-order valence-corrected chi connectivity index (χ1v) is 12.7. The average Bonchev–Trinajstić information content (AvgIpc) is 2.88. The van der Waals surface area contributed by atoms with Crippen molar-refractivity contribution in [2.24, 2.45) is 0 Å². The third-order valence-corrected chi connectivity index (χ3v) is 7.73. The lowest BCUT2D eigenvalue weighted by atomic mass is 9.96. The molecule has 0 spiro atoms. The molecule has 3 unspecified atom stereocenters. The van der Waals surface area contributed by atoms with Crippen molar-refractivity contribution in [3.63, 3.8) is 0 Å². The summed E-state index contributed by atoms with van der Waals surface area (Å²) in [6.07, 6.45) is 3.78. The Hall–Kier alpha value is -3.58. The number of rotatable bonds is 8. The van der Waals surface area contributed by atoms with Crippen molar-refractivity contribution in [2.45, 2.75) is 37.9 Å². The zero-order valence-electron chi connectivity index (χ0n) is 21.1. The molecular weight excluding hydrogens is 544 g/mol. The van der Waals surface area contributed by atoms with Crippen molar-refractivity contribution in [3.8, 4) is 40.5 Å². The summed E-state index contributed by atoms with van der Waals surface area (Å²) in [7, 11) is -2.43. The van der Waals surface area contributed by atoms with Gasteiger partial charge < -0.3 is 14.4 Å². The molecule has 39 heavy (non-hydrogen) atoms. The van der Waals surface area contributed by atoms with Crippen molar-refractivity contribution in [3.05, 3.63) is 71.2 Å². The summed E-state index contributed by atoms with van der Waals surface area (Å²) in [6.45, 7) is 4.24. The van der Waals surface area contributed by atoms with E-state index in [9.17, 15) is 36.4 Å². The van der Waals surface area contributed by atoms with Gasteiger partial charge in [-0.3, -0.25) is 4.57 Å². The minimum absolute atomic E-state index is 0.0437. The maximum atomic E-state index is 14.7. The Labute approximate surface area is 221 Å². The van der Waals surface area contributed by atoms with Crippen LogP contribution in [0.2, 0.25) is 0 Å². The predicted molar refractivity (Wildman–Crippen MR) is 134 cm³/mol. The summed E-state index contributed by atoms with van der Waals surface area (Å²) in [4.78, 5) is 17.5. The molecule has 3 aromatic rings. The van der Waals surface area contributed by atoms with Gasteiger partial charge in [-0.2, -0.15) is 0 Å². The molecular formula is C27H23F5NO5P. The number of ether oxygens (including phenoxy) is 1. The summed E-state index contributed by atoms with van der Waals surface area (Å²) in [5.74, 6) is -7.77. The van der Waals surface area contributed by atoms with Crippen LogP contribution in [0.1, 0.15) is 32.4 Å². The third-order valence-electron chi connectivity index (χ3n) is 5.95. The van der Waals surface area contributed by atoms with Crippen molar-refractivity contribution in [1.29, 1.82) is 0 Å². The minimum Gasteiger partial charge on any atom is -0.422 e. The molecule has 0 saturated carbocycles. The Morgan fingerprint density at radius 2 is 1.62 bits per heavy atom. The van der Waals surface area contributed by atoms with Crippen LogP contribution in [0, 0.1) is 41.4 Å². The number of terminal acetylenes is 1. The fourth-order valence-corrected chi connectivity index (χ4v) is 4.82. The Balaban J connectivity index is 2.39. The molecule has 1 N–H and O–H groups in total. The molecule has 1 heterocycles. The molecule has 12 heteroatoms. The second-order valence-electron chi connectivity index (χ2n) is 8.78.